The maximum atomic E-state index is 13.4. The standard InChI is InChI=1S/C13H9F4NO2S/c14-7-3-8(15)12(17)10(11(7)16)13(20)18-4-9(19)6-1-2-21-5-6/h1-3,5,9,19H,4H2,(H,18,20). The lowest BCUT2D eigenvalue weighted by Gasteiger charge is -2.12. The second-order valence-electron chi connectivity index (χ2n) is 4.13. The van der Waals surface area contributed by atoms with Crippen LogP contribution in [0.25, 0.3) is 0 Å². The fourth-order valence-corrected chi connectivity index (χ4v) is 2.34. The minimum Gasteiger partial charge on any atom is -0.387 e. The summed E-state index contributed by atoms with van der Waals surface area (Å²) in [6.45, 7) is -0.355. The van der Waals surface area contributed by atoms with Gasteiger partial charge in [0, 0.05) is 12.6 Å². The van der Waals surface area contributed by atoms with Crippen LogP contribution in [0, 0.1) is 23.3 Å². The average molecular weight is 319 g/mol. The van der Waals surface area contributed by atoms with E-state index < -0.39 is 40.8 Å². The largest absolute Gasteiger partial charge is 0.387 e. The summed E-state index contributed by atoms with van der Waals surface area (Å²) in [6.07, 6.45) is -1.09. The van der Waals surface area contributed by atoms with E-state index in [1.807, 2.05) is 5.32 Å². The van der Waals surface area contributed by atoms with Crippen molar-refractivity contribution in [1.82, 2.24) is 5.32 Å². The zero-order valence-corrected chi connectivity index (χ0v) is 11.2. The SMILES string of the molecule is O=C(NCC(O)c1ccsc1)c1c(F)c(F)cc(F)c1F. The van der Waals surface area contributed by atoms with E-state index in [-0.39, 0.29) is 12.6 Å². The molecular formula is C13H9F4NO2S. The molecule has 2 rings (SSSR count). The molecule has 0 radical (unpaired) electrons. The van der Waals surface area contributed by atoms with Crippen LogP contribution >= 0.6 is 11.3 Å². The maximum Gasteiger partial charge on any atom is 0.257 e. The smallest absolute Gasteiger partial charge is 0.257 e. The van der Waals surface area contributed by atoms with Gasteiger partial charge in [-0.3, -0.25) is 4.79 Å². The molecule has 2 aromatic rings. The van der Waals surface area contributed by atoms with Crippen LogP contribution in [0.5, 0.6) is 0 Å². The second kappa shape index (κ2) is 6.23. The highest BCUT2D eigenvalue weighted by Crippen LogP contribution is 2.20. The van der Waals surface area contributed by atoms with Crippen LogP contribution in [-0.4, -0.2) is 17.6 Å². The van der Waals surface area contributed by atoms with E-state index in [1.54, 1.807) is 16.8 Å². The van der Waals surface area contributed by atoms with Crippen molar-refractivity contribution in [1.29, 1.82) is 0 Å². The number of aliphatic hydroxyl groups excluding tert-OH is 1. The molecule has 21 heavy (non-hydrogen) atoms. The van der Waals surface area contributed by atoms with Gasteiger partial charge in [0.15, 0.2) is 23.3 Å². The zero-order valence-electron chi connectivity index (χ0n) is 10.4. The van der Waals surface area contributed by atoms with E-state index in [0.29, 0.717) is 5.56 Å². The summed E-state index contributed by atoms with van der Waals surface area (Å²) in [4.78, 5) is 11.6. The van der Waals surface area contributed by atoms with Crippen molar-refractivity contribution < 1.29 is 27.5 Å². The van der Waals surface area contributed by atoms with Crippen molar-refractivity contribution in [3.63, 3.8) is 0 Å². The third kappa shape index (κ3) is 3.22. The lowest BCUT2D eigenvalue weighted by Crippen LogP contribution is -2.30. The molecule has 0 aliphatic rings. The Labute approximate surface area is 120 Å². The summed E-state index contributed by atoms with van der Waals surface area (Å²) in [5.74, 6) is -8.25. The van der Waals surface area contributed by atoms with Crippen LogP contribution in [0.1, 0.15) is 22.0 Å². The van der Waals surface area contributed by atoms with Crippen molar-refractivity contribution in [3.8, 4) is 0 Å². The van der Waals surface area contributed by atoms with Crippen molar-refractivity contribution in [3.05, 3.63) is 57.3 Å². The predicted octanol–water partition coefficient (Wildman–Crippen LogP) is 2.77. The maximum absolute atomic E-state index is 13.4. The molecule has 0 saturated heterocycles. The molecule has 0 saturated carbocycles. The molecule has 0 bridgehead atoms. The molecule has 0 spiro atoms. The number of thiophene rings is 1. The number of amides is 1. The normalized spacial score (nSPS) is 12.2. The topological polar surface area (TPSA) is 49.3 Å². The zero-order chi connectivity index (χ0) is 15.6. The van der Waals surface area contributed by atoms with E-state index in [2.05, 4.69) is 0 Å². The summed E-state index contributed by atoms with van der Waals surface area (Å²) >= 11 is 1.32. The number of nitrogens with one attached hydrogen (secondary N) is 1. The number of carbonyl (C=O) groups is 1. The second-order valence-corrected chi connectivity index (χ2v) is 4.91. The van der Waals surface area contributed by atoms with Gasteiger partial charge >= 0.3 is 0 Å². The van der Waals surface area contributed by atoms with Crippen LogP contribution in [-0.2, 0) is 0 Å². The molecule has 1 heterocycles. The number of hydrogen-bond acceptors (Lipinski definition) is 3. The minimum absolute atomic E-state index is 0.0155. The Bertz CT molecular complexity index is 634. The van der Waals surface area contributed by atoms with Crippen LogP contribution in [0.3, 0.4) is 0 Å². The van der Waals surface area contributed by atoms with Gasteiger partial charge < -0.3 is 10.4 Å². The first kappa shape index (κ1) is 15.5. The first-order valence-corrected chi connectivity index (χ1v) is 6.67. The number of rotatable bonds is 4. The van der Waals surface area contributed by atoms with Gasteiger partial charge in [0.1, 0.15) is 5.56 Å². The van der Waals surface area contributed by atoms with E-state index in [1.165, 1.54) is 11.3 Å². The fourth-order valence-electron chi connectivity index (χ4n) is 1.63. The third-order valence-electron chi connectivity index (χ3n) is 2.72. The Hall–Kier alpha value is -1.93. The molecule has 1 amide bonds. The molecule has 3 nitrogen and oxygen atoms in total. The quantitative estimate of drug-likeness (QED) is 0.672. The molecule has 0 aliphatic heterocycles. The molecule has 1 unspecified atom stereocenters. The lowest BCUT2D eigenvalue weighted by molar-refractivity contribution is 0.0905. The van der Waals surface area contributed by atoms with Gasteiger partial charge in [0.2, 0.25) is 0 Å². The Morgan fingerprint density at radius 1 is 1.24 bits per heavy atom. The van der Waals surface area contributed by atoms with Gasteiger partial charge in [-0.15, -0.1) is 0 Å². The molecule has 0 fully saturated rings. The highest BCUT2D eigenvalue weighted by atomic mass is 32.1. The predicted molar refractivity (Wildman–Crippen MR) is 67.9 cm³/mol. The van der Waals surface area contributed by atoms with Crippen molar-refractivity contribution in [2.45, 2.75) is 6.10 Å². The van der Waals surface area contributed by atoms with Gasteiger partial charge in [0.05, 0.1) is 6.10 Å². The Balaban J connectivity index is 2.14. The van der Waals surface area contributed by atoms with Gasteiger partial charge in [-0.1, -0.05) is 0 Å². The summed E-state index contributed by atoms with van der Waals surface area (Å²) < 4.78 is 52.8. The molecule has 2 N–H and O–H groups in total. The molecule has 112 valence electrons. The van der Waals surface area contributed by atoms with Gasteiger partial charge in [-0.25, -0.2) is 17.6 Å². The van der Waals surface area contributed by atoms with Crippen LogP contribution in [0.15, 0.2) is 22.9 Å². The summed E-state index contributed by atoms with van der Waals surface area (Å²) in [7, 11) is 0. The minimum atomic E-state index is -1.78. The lowest BCUT2D eigenvalue weighted by atomic mass is 10.1. The number of carbonyl (C=O) groups excluding carboxylic acids is 1. The van der Waals surface area contributed by atoms with E-state index in [0.717, 1.165) is 0 Å². The van der Waals surface area contributed by atoms with E-state index in [9.17, 15) is 27.5 Å². The molecule has 0 aliphatic carbocycles. The molecule has 1 aromatic heterocycles. The highest BCUT2D eigenvalue weighted by Gasteiger charge is 2.25. The van der Waals surface area contributed by atoms with Crippen molar-refractivity contribution in [2.75, 3.05) is 6.54 Å². The summed E-state index contributed by atoms with van der Waals surface area (Å²) in [6, 6.07) is 1.62. The Morgan fingerprint density at radius 3 is 2.38 bits per heavy atom. The molecule has 1 atom stereocenters. The number of aliphatic hydroxyl groups is 1. The van der Waals surface area contributed by atoms with Crippen LogP contribution in [0.4, 0.5) is 17.6 Å². The first-order chi connectivity index (χ1) is 9.91. The summed E-state index contributed by atoms with van der Waals surface area (Å²) in [5, 5.41) is 15.1. The first-order valence-electron chi connectivity index (χ1n) is 5.73. The number of hydrogen-bond donors (Lipinski definition) is 2. The number of halogens is 4. The Kier molecular flexibility index (Phi) is 4.59. The average Bonchev–Trinajstić information content (AvgIpc) is 2.97. The Morgan fingerprint density at radius 2 is 1.86 bits per heavy atom. The van der Waals surface area contributed by atoms with Gasteiger partial charge in [0.25, 0.3) is 5.91 Å². The highest BCUT2D eigenvalue weighted by molar-refractivity contribution is 7.07. The van der Waals surface area contributed by atoms with Crippen molar-refractivity contribution in [2.24, 2.45) is 0 Å². The van der Waals surface area contributed by atoms with E-state index >= 15 is 0 Å². The molecule has 1 aromatic carbocycles. The van der Waals surface area contributed by atoms with Gasteiger partial charge in [-0.2, -0.15) is 11.3 Å². The summed E-state index contributed by atoms with van der Waals surface area (Å²) in [5.41, 5.74) is -0.850. The third-order valence-corrected chi connectivity index (χ3v) is 3.42. The van der Waals surface area contributed by atoms with Gasteiger partial charge in [-0.05, 0) is 22.4 Å². The number of benzene rings is 1. The van der Waals surface area contributed by atoms with E-state index in [4.69, 9.17) is 0 Å². The molecule has 8 heteroatoms. The van der Waals surface area contributed by atoms with Crippen molar-refractivity contribution >= 4 is 17.2 Å². The van der Waals surface area contributed by atoms with Crippen LogP contribution < -0.4 is 5.32 Å². The monoisotopic (exact) mass is 319 g/mol. The molecular weight excluding hydrogens is 310 g/mol. The fraction of sp³-hybridized carbons (Fsp3) is 0.154. The van der Waals surface area contributed by atoms with Crippen LogP contribution in [0.2, 0.25) is 0 Å².